The van der Waals surface area contributed by atoms with Gasteiger partial charge in [0.15, 0.2) is 5.54 Å². The van der Waals surface area contributed by atoms with Crippen molar-refractivity contribution < 1.29 is 29.0 Å². The van der Waals surface area contributed by atoms with Crippen LogP contribution in [0.5, 0.6) is 0 Å². The molecule has 2 fully saturated rings. The highest BCUT2D eigenvalue weighted by Gasteiger charge is 2.72. The van der Waals surface area contributed by atoms with E-state index in [0.717, 1.165) is 17.1 Å². The summed E-state index contributed by atoms with van der Waals surface area (Å²) in [6.45, 7) is 4.90. The Kier molecular flexibility index (Phi) is 3.08. The molecule has 3 atom stereocenters. The Morgan fingerprint density at radius 2 is 1.83 bits per heavy atom. The van der Waals surface area contributed by atoms with E-state index < -0.39 is 40.9 Å². The van der Waals surface area contributed by atoms with Crippen LogP contribution in [0.25, 0.3) is 0 Å². The van der Waals surface area contributed by atoms with E-state index in [-0.39, 0.29) is 12.6 Å². The first kappa shape index (κ1) is 15.5. The van der Waals surface area contributed by atoms with Crippen molar-refractivity contribution in [3.8, 4) is 0 Å². The lowest BCUT2D eigenvalue weighted by molar-refractivity contribution is -0.163. The molecule has 0 aromatic heterocycles. The summed E-state index contributed by atoms with van der Waals surface area (Å²) in [6.07, 6.45) is 1.92. The maximum Gasteiger partial charge on any atom is 0.410 e. The zero-order valence-corrected chi connectivity index (χ0v) is 13.1. The molecular weight excluding hydrogens is 304 g/mol. The molecule has 2 heterocycles. The second-order valence-electron chi connectivity index (χ2n) is 7.09. The summed E-state index contributed by atoms with van der Waals surface area (Å²) in [5, 5.41) is 9.74. The molecule has 0 radical (unpaired) electrons. The summed E-state index contributed by atoms with van der Waals surface area (Å²) in [4.78, 5) is 50.3. The summed E-state index contributed by atoms with van der Waals surface area (Å²) in [5.74, 6) is -3.05. The quantitative estimate of drug-likeness (QED) is 0.737. The third kappa shape index (κ3) is 2.20. The fraction of sp³-hybridized carbons (Fsp3) is 0.600. The van der Waals surface area contributed by atoms with Crippen LogP contribution in [-0.4, -0.2) is 62.5 Å². The van der Waals surface area contributed by atoms with Crippen LogP contribution in [0.3, 0.4) is 0 Å². The lowest BCUT2D eigenvalue weighted by atomic mass is 9.92. The fourth-order valence-electron chi connectivity index (χ4n) is 3.41. The van der Waals surface area contributed by atoms with E-state index in [0.29, 0.717) is 6.42 Å². The van der Waals surface area contributed by atoms with Crippen molar-refractivity contribution >= 4 is 23.9 Å². The summed E-state index contributed by atoms with van der Waals surface area (Å²) < 4.78 is 5.30. The summed E-state index contributed by atoms with van der Waals surface area (Å²) in [5.41, 5.74) is -2.42. The molecule has 0 aromatic rings. The SMILES string of the molecule is CC(C)(C)OC(=O)N1CC(C(=O)O)(N2C(=O)C=CC2=O)C2CC21. The number of carboxylic acids is 1. The Balaban J connectivity index is 1.90. The van der Waals surface area contributed by atoms with Gasteiger partial charge in [-0.1, -0.05) is 0 Å². The molecule has 0 spiro atoms. The van der Waals surface area contributed by atoms with Crippen LogP contribution < -0.4 is 0 Å². The molecule has 1 N–H and O–H groups in total. The number of hydrogen-bond acceptors (Lipinski definition) is 5. The summed E-state index contributed by atoms with van der Waals surface area (Å²) in [7, 11) is 0. The monoisotopic (exact) mass is 322 g/mol. The predicted octanol–water partition coefficient (Wildman–Crippen LogP) is 0.374. The highest BCUT2D eigenvalue weighted by atomic mass is 16.6. The minimum atomic E-state index is -1.71. The number of carbonyl (C=O) groups excluding carboxylic acids is 3. The molecule has 23 heavy (non-hydrogen) atoms. The number of amides is 3. The van der Waals surface area contributed by atoms with Crippen molar-refractivity contribution in [2.45, 2.75) is 44.4 Å². The van der Waals surface area contributed by atoms with Crippen LogP contribution in [0, 0.1) is 5.92 Å². The highest BCUT2D eigenvalue weighted by molar-refractivity contribution is 6.16. The third-order valence-corrected chi connectivity index (χ3v) is 4.39. The lowest BCUT2D eigenvalue weighted by Gasteiger charge is -2.35. The van der Waals surface area contributed by atoms with Crippen molar-refractivity contribution in [3.63, 3.8) is 0 Å². The molecule has 2 aliphatic heterocycles. The normalized spacial score (nSPS) is 32.3. The van der Waals surface area contributed by atoms with E-state index in [9.17, 15) is 24.3 Å². The van der Waals surface area contributed by atoms with Gasteiger partial charge >= 0.3 is 12.1 Å². The second-order valence-corrected chi connectivity index (χ2v) is 7.09. The van der Waals surface area contributed by atoms with E-state index in [1.165, 1.54) is 4.90 Å². The fourth-order valence-corrected chi connectivity index (χ4v) is 3.41. The largest absolute Gasteiger partial charge is 0.479 e. The van der Waals surface area contributed by atoms with Gasteiger partial charge in [-0.05, 0) is 27.2 Å². The third-order valence-electron chi connectivity index (χ3n) is 4.39. The Morgan fingerprint density at radius 3 is 2.30 bits per heavy atom. The number of likely N-dealkylation sites (tertiary alicyclic amines) is 1. The average Bonchev–Trinajstić information content (AvgIpc) is 3.02. The van der Waals surface area contributed by atoms with E-state index >= 15 is 0 Å². The van der Waals surface area contributed by atoms with Gasteiger partial charge in [-0.3, -0.25) is 14.5 Å². The molecule has 8 nitrogen and oxygen atoms in total. The number of fused-ring (bicyclic) bond motifs is 1. The standard InChI is InChI=1S/C15H18N2O6/c1-14(2,3)23-13(22)16-7-15(12(20)21,8-6-9(8)16)17-10(18)4-5-11(17)19/h4-5,8-9H,6-7H2,1-3H3,(H,20,21). The first-order valence-corrected chi connectivity index (χ1v) is 7.37. The number of imide groups is 1. The Hall–Kier alpha value is -2.38. The second kappa shape index (κ2) is 4.56. The molecule has 3 amide bonds. The zero-order chi connectivity index (χ0) is 17.2. The van der Waals surface area contributed by atoms with Crippen molar-refractivity contribution in [1.82, 2.24) is 9.80 Å². The zero-order valence-electron chi connectivity index (χ0n) is 13.1. The number of aliphatic carboxylic acids is 1. The topological polar surface area (TPSA) is 104 Å². The molecule has 3 aliphatic rings. The number of nitrogens with zero attached hydrogens (tertiary/aromatic N) is 2. The van der Waals surface area contributed by atoms with Gasteiger partial charge in [0, 0.05) is 24.1 Å². The van der Waals surface area contributed by atoms with Gasteiger partial charge in [-0.2, -0.15) is 0 Å². The molecular formula is C15H18N2O6. The van der Waals surface area contributed by atoms with Crippen molar-refractivity contribution in [3.05, 3.63) is 12.2 Å². The molecule has 124 valence electrons. The molecule has 1 aliphatic carbocycles. The number of piperidine rings is 1. The minimum absolute atomic E-state index is 0.244. The van der Waals surface area contributed by atoms with Crippen LogP contribution in [-0.2, 0) is 19.1 Å². The maximum absolute atomic E-state index is 12.3. The van der Waals surface area contributed by atoms with Crippen molar-refractivity contribution in [1.29, 1.82) is 0 Å². The van der Waals surface area contributed by atoms with Gasteiger partial charge in [0.25, 0.3) is 11.8 Å². The number of ether oxygens (including phenoxy) is 1. The predicted molar refractivity (Wildman–Crippen MR) is 76.2 cm³/mol. The van der Waals surface area contributed by atoms with Gasteiger partial charge in [0.05, 0.1) is 6.54 Å². The van der Waals surface area contributed by atoms with Gasteiger partial charge in [-0.25, -0.2) is 9.59 Å². The Morgan fingerprint density at radius 1 is 1.26 bits per heavy atom. The minimum Gasteiger partial charge on any atom is -0.479 e. The molecule has 0 bridgehead atoms. The number of carboxylic acid groups (broad SMARTS) is 1. The van der Waals surface area contributed by atoms with Crippen LogP contribution in [0.1, 0.15) is 27.2 Å². The number of hydrogen-bond donors (Lipinski definition) is 1. The van der Waals surface area contributed by atoms with Crippen LogP contribution in [0.2, 0.25) is 0 Å². The molecule has 0 aromatic carbocycles. The average molecular weight is 322 g/mol. The van der Waals surface area contributed by atoms with Crippen molar-refractivity contribution in [2.75, 3.05) is 6.54 Å². The van der Waals surface area contributed by atoms with Crippen molar-refractivity contribution in [2.24, 2.45) is 5.92 Å². The molecule has 3 rings (SSSR count). The summed E-state index contributed by atoms with van der Waals surface area (Å²) in [6, 6.07) is -0.317. The van der Waals surface area contributed by atoms with Gasteiger partial charge in [-0.15, -0.1) is 0 Å². The highest BCUT2D eigenvalue weighted by Crippen LogP contribution is 2.54. The van der Waals surface area contributed by atoms with Gasteiger partial charge < -0.3 is 14.7 Å². The Labute approximate surface area is 132 Å². The lowest BCUT2D eigenvalue weighted by Crippen LogP contribution is -2.61. The van der Waals surface area contributed by atoms with Gasteiger partial charge in [0.2, 0.25) is 0 Å². The molecule has 8 heteroatoms. The summed E-state index contributed by atoms with van der Waals surface area (Å²) >= 11 is 0. The van der Waals surface area contributed by atoms with Gasteiger partial charge in [0.1, 0.15) is 5.60 Å². The van der Waals surface area contributed by atoms with Crippen LogP contribution in [0.4, 0.5) is 4.79 Å². The first-order chi connectivity index (χ1) is 10.6. The molecule has 1 saturated carbocycles. The van der Waals surface area contributed by atoms with E-state index in [4.69, 9.17) is 4.74 Å². The van der Waals surface area contributed by atoms with E-state index in [2.05, 4.69) is 0 Å². The Bertz CT molecular complexity index is 631. The maximum atomic E-state index is 12.3. The smallest absolute Gasteiger partial charge is 0.410 e. The van der Waals surface area contributed by atoms with E-state index in [1.54, 1.807) is 20.8 Å². The first-order valence-electron chi connectivity index (χ1n) is 7.37. The van der Waals surface area contributed by atoms with Crippen LogP contribution in [0.15, 0.2) is 12.2 Å². The van der Waals surface area contributed by atoms with Crippen LogP contribution >= 0.6 is 0 Å². The number of carbonyl (C=O) groups is 4. The number of rotatable bonds is 2. The molecule has 3 unspecified atom stereocenters. The van der Waals surface area contributed by atoms with E-state index in [1.807, 2.05) is 0 Å². The molecule has 1 saturated heterocycles.